The highest BCUT2D eigenvalue weighted by atomic mass is 16.4. The number of aliphatic hydroxyl groups is 1. The van der Waals surface area contributed by atoms with E-state index in [0.717, 1.165) is 0 Å². The Morgan fingerprint density at radius 1 is 1.44 bits per heavy atom. The van der Waals surface area contributed by atoms with Gasteiger partial charge in [-0.2, -0.15) is 0 Å². The van der Waals surface area contributed by atoms with Crippen molar-refractivity contribution in [1.82, 2.24) is 10.6 Å². The summed E-state index contributed by atoms with van der Waals surface area (Å²) in [5.41, 5.74) is 0. The van der Waals surface area contributed by atoms with E-state index in [9.17, 15) is 14.7 Å². The maximum absolute atomic E-state index is 11.7. The summed E-state index contributed by atoms with van der Waals surface area (Å²) in [4.78, 5) is 22.5. The minimum absolute atomic E-state index is 0.173. The number of hydrogen-bond acceptors (Lipinski definition) is 4. The van der Waals surface area contributed by atoms with Gasteiger partial charge in [0.1, 0.15) is 6.04 Å². The van der Waals surface area contributed by atoms with Crippen molar-refractivity contribution in [3.8, 4) is 0 Å². The SMILES string of the molecule is CC(C)C(NC(=O)C1CC(O)CN1)C(=O)O. The third kappa shape index (κ3) is 3.18. The van der Waals surface area contributed by atoms with E-state index >= 15 is 0 Å². The Balaban J connectivity index is 2.52. The fraction of sp³-hybridized carbons (Fsp3) is 0.800. The molecule has 6 nitrogen and oxygen atoms in total. The Morgan fingerprint density at radius 2 is 2.06 bits per heavy atom. The highest BCUT2D eigenvalue weighted by Crippen LogP contribution is 2.08. The molecular formula is C10H18N2O4. The molecule has 0 aliphatic carbocycles. The quantitative estimate of drug-likeness (QED) is 0.493. The van der Waals surface area contributed by atoms with Gasteiger partial charge in [-0.05, 0) is 12.3 Å². The predicted octanol–water partition coefficient (Wildman–Crippen LogP) is -1.07. The number of carbonyl (C=O) groups is 2. The molecule has 0 bridgehead atoms. The molecule has 0 radical (unpaired) electrons. The van der Waals surface area contributed by atoms with Crippen molar-refractivity contribution in [3.05, 3.63) is 0 Å². The number of hydrogen-bond donors (Lipinski definition) is 4. The number of carboxylic acid groups (broad SMARTS) is 1. The smallest absolute Gasteiger partial charge is 0.326 e. The van der Waals surface area contributed by atoms with Gasteiger partial charge in [0, 0.05) is 6.54 Å². The molecule has 0 spiro atoms. The first-order chi connectivity index (χ1) is 7.41. The van der Waals surface area contributed by atoms with Crippen molar-refractivity contribution < 1.29 is 19.8 Å². The lowest BCUT2D eigenvalue weighted by molar-refractivity contribution is -0.143. The van der Waals surface area contributed by atoms with Crippen LogP contribution in [0, 0.1) is 5.92 Å². The maximum Gasteiger partial charge on any atom is 0.326 e. The normalized spacial score (nSPS) is 26.8. The van der Waals surface area contributed by atoms with Crippen LogP contribution >= 0.6 is 0 Å². The fourth-order valence-corrected chi connectivity index (χ4v) is 1.68. The molecule has 1 heterocycles. The first-order valence-electron chi connectivity index (χ1n) is 5.36. The zero-order chi connectivity index (χ0) is 12.3. The summed E-state index contributed by atoms with van der Waals surface area (Å²) in [6.45, 7) is 3.84. The molecule has 0 aromatic rings. The molecule has 1 saturated heterocycles. The summed E-state index contributed by atoms with van der Waals surface area (Å²) < 4.78 is 0. The van der Waals surface area contributed by atoms with E-state index in [1.807, 2.05) is 0 Å². The number of β-amino-alcohol motifs (C(OH)–C–C–N with tert-alkyl or cyclic N) is 1. The Morgan fingerprint density at radius 3 is 2.44 bits per heavy atom. The fourth-order valence-electron chi connectivity index (χ4n) is 1.68. The highest BCUT2D eigenvalue weighted by molar-refractivity contribution is 5.87. The van der Waals surface area contributed by atoms with Gasteiger partial charge in [0.25, 0.3) is 0 Å². The molecule has 0 aromatic carbocycles. The van der Waals surface area contributed by atoms with Crippen LogP contribution in [0.5, 0.6) is 0 Å². The lowest BCUT2D eigenvalue weighted by Crippen LogP contribution is -2.50. The second-order valence-electron chi connectivity index (χ2n) is 4.42. The minimum atomic E-state index is -1.04. The summed E-state index contributed by atoms with van der Waals surface area (Å²) in [5, 5.41) is 23.4. The number of aliphatic hydroxyl groups excluding tert-OH is 1. The van der Waals surface area contributed by atoms with E-state index in [1.165, 1.54) is 0 Å². The van der Waals surface area contributed by atoms with Gasteiger partial charge in [-0.15, -0.1) is 0 Å². The van der Waals surface area contributed by atoms with Crippen LogP contribution in [0.15, 0.2) is 0 Å². The number of rotatable bonds is 4. The van der Waals surface area contributed by atoms with E-state index in [4.69, 9.17) is 5.11 Å². The van der Waals surface area contributed by atoms with Crippen LogP contribution in [0.25, 0.3) is 0 Å². The molecule has 1 rings (SSSR count). The first-order valence-corrected chi connectivity index (χ1v) is 5.36. The average Bonchev–Trinajstić information content (AvgIpc) is 2.59. The zero-order valence-corrected chi connectivity index (χ0v) is 9.43. The minimum Gasteiger partial charge on any atom is -0.480 e. The standard InChI is InChI=1S/C10H18N2O4/c1-5(2)8(10(15)16)12-9(14)7-3-6(13)4-11-7/h5-8,11,13H,3-4H2,1-2H3,(H,12,14)(H,15,16). The van der Waals surface area contributed by atoms with Crippen LogP contribution in [-0.4, -0.2) is 46.8 Å². The second-order valence-corrected chi connectivity index (χ2v) is 4.42. The van der Waals surface area contributed by atoms with Crippen LogP contribution in [0.3, 0.4) is 0 Å². The molecule has 1 aliphatic rings. The van der Waals surface area contributed by atoms with Crippen molar-refractivity contribution in [3.63, 3.8) is 0 Å². The molecule has 16 heavy (non-hydrogen) atoms. The van der Waals surface area contributed by atoms with E-state index in [0.29, 0.717) is 13.0 Å². The van der Waals surface area contributed by atoms with Gasteiger partial charge >= 0.3 is 5.97 Å². The van der Waals surface area contributed by atoms with Gasteiger partial charge in [-0.25, -0.2) is 4.79 Å². The molecule has 4 N–H and O–H groups in total. The van der Waals surface area contributed by atoms with Crippen molar-refractivity contribution in [2.75, 3.05) is 6.54 Å². The van der Waals surface area contributed by atoms with E-state index < -0.39 is 24.2 Å². The molecule has 6 heteroatoms. The number of carbonyl (C=O) groups excluding carboxylic acids is 1. The Labute approximate surface area is 94.0 Å². The zero-order valence-electron chi connectivity index (χ0n) is 9.43. The third-order valence-electron chi connectivity index (χ3n) is 2.65. The molecular weight excluding hydrogens is 212 g/mol. The van der Waals surface area contributed by atoms with Gasteiger partial charge in [-0.3, -0.25) is 4.79 Å². The van der Waals surface area contributed by atoms with E-state index in [1.54, 1.807) is 13.8 Å². The Bertz CT molecular complexity index is 280. The first kappa shape index (κ1) is 12.9. The molecule has 92 valence electrons. The van der Waals surface area contributed by atoms with Crippen molar-refractivity contribution in [2.24, 2.45) is 5.92 Å². The topological polar surface area (TPSA) is 98.7 Å². The Hall–Kier alpha value is -1.14. The van der Waals surface area contributed by atoms with Crippen LogP contribution in [0.4, 0.5) is 0 Å². The summed E-state index contributed by atoms with van der Waals surface area (Å²) >= 11 is 0. The Kier molecular flexibility index (Phi) is 4.26. The number of nitrogens with one attached hydrogen (secondary N) is 2. The molecule has 0 aromatic heterocycles. The molecule has 3 unspecified atom stereocenters. The highest BCUT2D eigenvalue weighted by Gasteiger charge is 2.31. The van der Waals surface area contributed by atoms with Gasteiger partial charge in [0.2, 0.25) is 5.91 Å². The van der Waals surface area contributed by atoms with Crippen LogP contribution in [-0.2, 0) is 9.59 Å². The molecule has 1 amide bonds. The summed E-state index contributed by atoms with van der Waals surface area (Å²) in [7, 11) is 0. The third-order valence-corrected chi connectivity index (χ3v) is 2.65. The summed E-state index contributed by atoms with van der Waals surface area (Å²) in [6, 6.07) is -1.37. The van der Waals surface area contributed by atoms with Gasteiger partial charge in [0.15, 0.2) is 0 Å². The molecule has 3 atom stereocenters. The number of amides is 1. The van der Waals surface area contributed by atoms with Gasteiger partial charge in [-0.1, -0.05) is 13.8 Å². The lowest BCUT2D eigenvalue weighted by Gasteiger charge is -2.20. The largest absolute Gasteiger partial charge is 0.480 e. The number of aliphatic carboxylic acids is 1. The molecule has 0 saturated carbocycles. The maximum atomic E-state index is 11.7. The van der Waals surface area contributed by atoms with E-state index in [-0.39, 0.29) is 11.8 Å². The predicted molar refractivity (Wildman–Crippen MR) is 56.8 cm³/mol. The average molecular weight is 230 g/mol. The van der Waals surface area contributed by atoms with Crippen LogP contribution in [0.2, 0.25) is 0 Å². The van der Waals surface area contributed by atoms with Crippen molar-refractivity contribution in [1.29, 1.82) is 0 Å². The van der Waals surface area contributed by atoms with Gasteiger partial charge < -0.3 is 20.8 Å². The van der Waals surface area contributed by atoms with Crippen LogP contribution < -0.4 is 10.6 Å². The van der Waals surface area contributed by atoms with E-state index in [2.05, 4.69) is 10.6 Å². The molecule has 1 fully saturated rings. The van der Waals surface area contributed by atoms with Crippen LogP contribution in [0.1, 0.15) is 20.3 Å². The monoisotopic (exact) mass is 230 g/mol. The molecule has 1 aliphatic heterocycles. The van der Waals surface area contributed by atoms with Crippen molar-refractivity contribution >= 4 is 11.9 Å². The van der Waals surface area contributed by atoms with Gasteiger partial charge in [0.05, 0.1) is 12.1 Å². The lowest BCUT2D eigenvalue weighted by atomic mass is 10.0. The summed E-state index contributed by atoms with van der Waals surface area (Å²) in [6.07, 6.45) is -0.200. The second kappa shape index (κ2) is 5.27. The van der Waals surface area contributed by atoms with Crippen molar-refractivity contribution in [2.45, 2.75) is 38.5 Å². The summed E-state index contributed by atoms with van der Waals surface area (Å²) in [5.74, 6) is -1.58. The number of carboxylic acids is 1.